The molecule has 0 N–H and O–H groups in total. The van der Waals surface area contributed by atoms with Crippen molar-refractivity contribution < 1.29 is 40.2 Å². The second-order valence-corrected chi connectivity index (χ2v) is 4.15. The Hall–Kier alpha value is -0.570. The highest BCUT2D eigenvalue weighted by Gasteiger charge is 2.67. The van der Waals surface area contributed by atoms with Crippen LogP contribution in [-0.4, -0.2) is 37.0 Å². The standard InChI is InChI=1S/C9H11F7O2/c1-4-3-17-6(4)8(13,14)18-9(15,16)7(11,12)5(2)10/h4-6H,3H2,1-2H3. The molecule has 1 aliphatic heterocycles. The van der Waals surface area contributed by atoms with Crippen LogP contribution >= 0.6 is 0 Å². The van der Waals surface area contributed by atoms with Crippen LogP contribution in [0.4, 0.5) is 30.7 Å². The van der Waals surface area contributed by atoms with E-state index in [2.05, 4.69) is 9.47 Å². The molecule has 0 saturated carbocycles. The zero-order valence-corrected chi connectivity index (χ0v) is 9.40. The van der Waals surface area contributed by atoms with Crippen molar-refractivity contribution in [1.82, 2.24) is 0 Å². The molecule has 0 aromatic heterocycles. The van der Waals surface area contributed by atoms with Gasteiger partial charge in [-0.25, -0.2) is 9.13 Å². The summed E-state index contributed by atoms with van der Waals surface area (Å²) in [6.07, 6.45) is -15.7. The lowest BCUT2D eigenvalue weighted by Crippen LogP contribution is -2.58. The molecule has 9 heteroatoms. The summed E-state index contributed by atoms with van der Waals surface area (Å²) in [5, 5.41) is 0. The molecular formula is C9H11F7O2. The zero-order valence-electron chi connectivity index (χ0n) is 9.40. The van der Waals surface area contributed by atoms with Crippen molar-refractivity contribution in [3.8, 4) is 0 Å². The normalized spacial score (nSPS) is 27.8. The molecule has 0 bridgehead atoms. The summed E-state index contributed by atoms with van der Waals surface area (Å²) in [6, 6.07) is 0. The maximum absolute atomic E-state index is 13.1. The van der Waals surface area contributed by atoms with Gasteiger partial charge in [-0.1, -0.05) is 6.92 Å². The van der Waals surface area contributed by atoms with Crippen molar-refractivity contribution in [1.29, 1.82) is 0 Å². The largest absolute Gasteiger partial charge is 0.426 e. The molecule has 0 amide bonds. The summed E-state index contributed by atoms with van der Waals surface area (Å²) < 4.78 is 96.8. The Morgan fingerprint density at radius 3 is 1.94 bits per heavy atom. The van der Waals surface area contributed by atoms with Crippen LogP contribution < -0.4 is 0 Å². The van der Waals surface area contributed by atoms with Crippen LogP contribution in [-0.2, 0) is 9.47 Å². The topological polar surface area (TPSA) is 18.5 Å². The highest BCUT2D eigenvalue weighted by atomic mass is 19.3. The van der Waals surface area contributed by atoms with Crippen LogP contribution in [0.5, 0.6) is 0 Å². The van der Waals surface area contributed by atoms with Gasteiger partial charge in [0.15, 0.2) is 12.3 Å². The molecule has 108 valence electrons. The zero-order chi connectivity index (χ0) is 14.4. The van der Waals surface area contributed by atoms with E-state index in [4.69, 9.17) is 0 Å². The van der Waals surface area contributed by atoms with Gasteiger partial charge in [-0.2, -0.15) is 26.3 Å². The SMILES string of the molecule is CC1COC1C(F)(F)OC(F)(F)C(F)(F)C(C)F. The van der Waals surface area contributed by atoms with E-state index in [0.29, 0.717) is 0 Å². The van der Waals surface area contributed by atoms with E-state index >= 15 is 0 Å². The molecule has 1 aliphatic rings. The Morgan fingerprint density at radius 2 is 1.67 bits per heavy atom. The lowest BCUT2D eigenvalue weighted by molar-refractivity contribution is -0.465. The van der Waals surface area contributed by atoms with Crippen molar-refractivity contribution >= 4 is 0 Å². The minimum absolute atomic E-state index is 0.120. The van der Waals surface area contributed by atoms with E-state index in [1.807, 2.05) is 0 Å². The van der Waals surface area contributed by atoms with Gasteiger partial charge < -0.3 is 4.74 Å². The number of alkyl halides is 7. The van der Waals surface area contributed by atoms with Crippen molar-refractivity contribution in [2.45, 2.75) is 44.3 Å². The van der Waals surface area contributed by atoms with Crippen LogP contribution in [0.2, 0.25) is 0 Å². The van der Waals surface area contributed by atoms with Crippen LogP contribution in [0.15, 0.2) is 0 Å². The summed E-state index contributed by atoms with van der Waals surface area (Å²) in [7, 11) is 0. The number of hydrogen-bond acceptors (Lipinski definition) is 2. The van der Waals surface area contributed by atoms with Gasteiger partial charge in [0.05, 0.1) is 6.61 Å². The molecule has 0 aromatic rings. The predicted octanol–water partition coefficient (Wildman–Crippen LogP) is 3.22. The van der Waals surface area contributed by atoms with Gasteiger partial charge in [0, 0.05) is 5.92 Å². The maximum atomic E-state index is 13.1. The molecule has 0 aromatic carbocycles. The minimum Gasteiger partial charge on any atom is -0.368 e. The number of halogens is 7. The van der Waals surface area contributed by atoms with Gasteiger partial charge in [0.2, 0.25) is 0 Å². The van der Waals surface area contributed by atoms with Gasteiger partial charge in [-0.05, 0) is 6.92 Å². The molecule has 3 atom stereocenters. The van der Waals surface area contributed by atoms with Crippen LogP contribution in [0.25, 0.3) is 0 Å². The number of ether oxygens (including phenoxy) is 2. The third-order valence-electron chi connectivity index (χ3n) is 2.54. The summed E-state index contributed by atoms with van der Waals surface area (Å²) in [6.45, 7) is 1.25. The number of rotatable bonds is 5. The first kappa shape index (κ1) is 15.5. The highest BCUT2D eigenvalue weighted by molar-refractivity contribution is 4.88. The first-order chi connectivity index (χ1) is 7.92. The fourth-order valence-corrected chi connectivity index (χ4v) is 1.34. The first-order valence-corrected chi connectivity index (χ1v) is 5.01. The molecule has 3 unspecified atom stereocenters. The summed E-state index contributed by atoms with van der Waals surface area (Å²) in [5.41, 5.74) is 0. The van der Waals surface area contributed by atoms with Gasteiger partial charge in [-0.15, -0.1) is 0 Å². The molecule has 1 saturated heterocycles. The Labute approximate surface area is 98.0 Å². The average Bonchev–Trinajstić information content (AvgIpc) is 2.11. The molecule has 0 spiro atoms. The fraction of sp³-hybridized carbons (Fsp3) is 1.00. The first-order valence-electron chi connectivity index (χ1n) is 5.01. The Kier molecular flexibility index (Phi) is 3.89. The Morgan fingerprint density at radius 1 is 1.17 bits per heavy atom. The molecular weight excluding hydrogens is 273 g/mol. The average molecular weight is 284 g/mol. The van der Waals surface area contributed by atoms with E-state index in [9.17, 15) is 30.7 Å². The quantitative estimate of drug-likeness (QED) is 0.722. The van der Waals surface area contributed by atoms with E-state index in [1.54, 1.807) is 0 Å². The Balaban J connectivity index is 2.81. The summed E-state index contributed by atoms with van der Waals surface area (Å²) >= 11 is 0. The third kappa shape index (κ3) is 2.56. The molecule has 2 nitrogen and oxygen atoms in total. The second-order valence-electron chi connectivity index (χ2n) is 4.15. The van der Waals surface area contributed by atoms with Crippen molar-refractivity contribution in [3.63, 3.8) is 0 Å². The maximum Gasteiger partial charge on any atom is 0.426 e. The molecule has 0 aliphatic carbocycles. The lowest BCUT2D eigenvalue weighted by Gasteiger charge is -2.40. The molecule has 1 rings (SSSR count). The predicted molar refractivity (Wildman–Crippen MR) is 45.4 cm³/mol. The van der Waals surface area contributed by atoms with Crippen molar-refractivity contribution in [2.75, 3.05) is 6.61 Å². The van der Waals surface area contributed by atoms with Gasteiger partial charge in [-0.3, -0.25) is 0 Å². The second kappa shape index (κ2) is 4.52. The summed E-state index contributed by atoms with van der Waals surface area (Å²) in [5.74, 6) is -6.18. The van der Waals surface area contributed by atoms with Crippen LogP contribution in [0.1, 0.15) is 13.8 Å². The monoisotopic (exact) mass is 284 g/mol. The third-order valence-corrected chi connectivity index (χ3v) is 2.54. The number of hydrogen-bond donors (Lipinski definition) is 0. The Bertz CT molecular complexity index is 305. The molecule has 1 fully saturated rings. The van der Waals surface area contributed by atoms with E-state index in [-0.39, 0.29) is 13.5 Å². The van der Waals surface area contributed by atoms with Crippen molar-refractivity contribution in [2.24, 2.45) is 5.92 Å². The van der Waals surface area contributed by atoms with Crippen molar-refractivity contribution in [3.05, 3.63) is 0 Å². The van der Waals surface area contributed by atoms with E-state index in [1.165, 1.54) is 6.92 Å². The van der Waals surface area contributed by atoms with Crippen LogP contribution in [0.3, 0.4) is 0 Å². The molecule has 1 heterocycles. The van der Waals surface area contributed by atoms with E-state index < -0.39 is 36.3 Å². The smallest absolute Gasteiger partial charge is 0.368 e. The minimum atomic E-state index is -5.64. The molecule has 0 radical (unpaired) electrons. The summed E-state index contributed by atoms with van der Waals surface area (Å²) in [4.78, 5) is 0. The fourth-order valence-electron chi connectivity index (χ4n) is 1.34. The van der Waals surface area contributed by atoms with Gasteiger partial charge in [0.1, 0.15) is 0 Å². The van der Waals surface area contributed by atoms with Gasteiger partial charge in [0.25, 0.3) is 0 Å². The van der Waals surface area contributed by atoms with Crippen LogP contribution in [0, 0.1) is 5.92 Å². The van der Waals surface area contributed by atoms with E-state index in [0.717, 1.165) is 0 Å². The highest BCUT2D eigenvalue weighted by Crippen LogP contribution is 2.45. The molecule has 18 heavy (non-hydrogen) atoms. The van der Waals surface area contributed by atoms with Gasteiger partial charge >= 0.3 is 18.1 Å². The lowest BCUT2D eigenvalue weighted by atomic mass is 9.99.